The highest BCUT2D eigenvalue weighted by Gasteiger charge is 2.22. The van der Waals surface area contributed by atoms with Crippen molar-refractivity contribution in [3.63, 3.8) is 0 Å². The van der Waals surface area contributed by atoms with Gasteiger partial charge in [-0.05, 0) is 46.5 Å². The SMILES string of the molecule is CCCN(CC1CCCCO1)C(=O)Nc1cnn(C(C)(C)C)c1. The lowest BCUT2D eigenvalue weighted by Gasteiger charge is -2.29. The van der Waals surface area contributed by atoms with Crippen molar-refractivity contribution in [1.82, 2.24) is 14.7 Å². The molecule has 2 heterocycles. The largest absolute Gasteiger partial charge is 0.376 e. The molecule has 2 amide bonds. The molecule has 1 fully saturated rings. The third-order valence-electron chi connectivity index (χ3n) is 4.00. The van der Waals surface area contributed by atoms with Crippen molar-refractivity contribution in [3.05, 3.63) is 12.4 Å². The van der Waals surface area contributed by atoms with Crippen LogP contribution >= 0.6 is 0 Å². The lowest BCUT2D eigenvalue weighted by molar-refractivity contribution is 0.00162. The number of anilines is 1. The topological polar surface area (TPSA) is 59.4 Å². The molecule has 6 heteroatoms. The number of nitrogens with zero attached hydrogens (tertiary/aromatic N) is 3. The predicted molar refractivity (Wildman–Crippen MR) is 91.7 cm³/mol. The minimum Gasteiger partial charge on any atom is -0.376 e. The fourth-order valence-corrected chi connectivity index (χ4v) is 2.70. The Morgan fingerprint density at radius 1 is 1.48 bits per heavy atom. The van der Waals surface area contributed by atoms with Crippen LogP contribution in [0.25, 0.3) is 0 Å². The van der Waals surface area contributed by atoms with Crippen LogP contribution in [-0.2, 0) is 10.3 Å². The van der Waals surface area contributed by atoms with Gasteiger partial charge >= 0.3 is 6.03 Å². The van der Waals surface area contributed by atoms with E-state index in [-0.39, 0.29) is 17.7 Å². The average Bonchev–Trinajstić information content (AvgIpc) is 2.96. The van der Waals surface area contributed by atoms with Gasteiger partial charge in [-0.3, -0.25) is 4.68 Å². The van der Waals surface area contributed by atoms with Crippen molar-refractivity contribution < 1.29 is 9.53 Å². The first-order valence-electron chi connectivity index (χ1n) is 8.63. The molecule has 2 rings (SSSR count). The molecular formula is C17H30N4O2. The van der Waals surface area contributed by atoms with Crippen molar-refractivity contribution in [2.24, 2.45) is 0 Å². The van der Waals surface area contributed by atoms with Gasteiger partial charge in [0.1, 0.15) is 0 Å². The molecule has 1 aromatic rings. The van der Waals surface area contributed by atoms with Gasteiger partial charge in [0, 0.05) is 25.9 Å². The molecule has 1 aliphatic heterocycles. The molecule has 1 N–H and O–H groups in total. The summed E-state index contributed by atoms with van der Waals surface area (Å²) < 4.78 is 7.62. The van der Waals surface area contributed by atoms with Gasteiger partial charge in [0.15, 0.2) is 0 Å². The van der Waals surface area contributed by atoms with Crippen molar-refractivity contribution in [2.75, 3.05) is 25.0 Å². The molecule has 0 aliphatic carbocycles. The van der Waals surface area contributed by atoms with E-state index in [2.05, 4.69) is 38.1 Å². The number of hydrogen-bond donors (Lipinski definition) is 1. The number of carbonyl (C=O) groups is 1. The molecule has 0 saturated carbocycles. The molecule has 6 nitrogen and oxygen atoms in total. The number of ether oxygens (including phenoxy) is 1. The number of nitrogens with one attached hydrogen (secondary N) is 1. The molecule has 1 unspecified atom stereocenters. The zero-order valence-corrected chi connectivity index (χ0v) is 14.8. The van der Waals surface area contributed by atoms with Gasteiger partial charge in [0.25, 0.3) is 0 Å². The van der Waals surface area contributed by atoms with E-state index >= 15 is 0 Å². The van der Waals surface area contributed by atoms with E-state index in [0.717, 1.165) is 38.1 Å². The molecule has 23 heavy (non-hydrogen) atoms. The van der Waals surface area contributed by atoms with Crippen molar-refractivity contribution in [1.29, 1.82) is 0 Å². The van der Waals surface area contributed by atoms with Crippen LogP contribution in [0.5, 0.6) is 0 Å². The Hall–Kier alpha value is -1.56. The van der Waals surface area contributed by atoms with Crippen LogP contribution in [0.3, 0.4) is 0 Å². The van der Waals surface area contributed by atoms with E-state index in [9.17, 15) is 4.79 Å². The van der Waals surface area contributed by atoms with Crippen LogP contribution in [0.1, 0.15) is 53.4 Å². The number of aromatic nitrogens is 2. The highest BCUT2D eigenvalue weighted by atomic mass is 16.5. The molecule has 1 saturated heterocycles. The number of carbonyl (C=O) groups excluding carboxylic acids is 1. The minimum absolute atomic E-state index is 0.0746. The van der Waals surface area contributed by atoms with Crippen LogP contribution in [-0.4, -0.2) is 46.5 Å². The van der Waals surface area contributed by atoms with Crippen LogP contribution in [0.15, 0.2) is 12.4 Å². The lowest BCUT2D eigenvalue weighted by atomic mass is 10.1. The summed E-state index contributed by atoms with van der Waals surface area (Å²) in [6.07, 6.45) is 8.02. The maximum atomic E-state index is 12.6. The van der Waals surface area contributed by atoms with E-state index in [1.165, 1.54) is 6.42 Å². The molecule has 0 bridgehead atoms. The summed E-state index contributed by atoms with van der Waals surface area (Å²) in [6, 6.07) is -0.0746. The van der Waals surface area contributed by atoms with Crippen molar-refractivity contribution in [2.45, 2.75) is 65.0 Å². The molecule has 0 radical (unpaired) electrons. The van der Waals surface area contributed by atoms with Crippen molar-refractivity contribution in [3.8, 4) is 0 Å². The molecule has 1 aromatic heterocycles. The minimum atomic E-state index is -0.0952. The summed E-state index contributed by atoms with van der Waals surface area (Å²) in [4.78, 5) is 14.4. The van der Waals surface area contributed by atoms with E-state index in [0.29, 0.717) is 6.54 Å². The second-order valence-corrected chi connectivity index (χ2v) is 7.21. The Morgan fingerprint density at radius 2 is 2.26 bits per heavy atom. The molecule has 1 aliphatic rings. The summed E-state index contributed by atoms with van der Waals surface area (Å²) in [7, 11) is 0. The van der Waals surface area contributed by atoms with E-state index in [4.69, 9.17) is 4.74 Å². The fraction of sp³-hybridized carbons (Fsp3) is 0.765. The van der Waals surface area contributed by atoms with E-state index in [1.807, 2.05) is 15.8 Å². The zero-order chi connectivity index (χ0) is 16.9. The number of hydrogen-bond acceptors (Lipinski definition) is 3. The van der Waals surface area contributed by atoms with Gasteiger partial charge in [-0.15, -0.1) is 0 Å². The van der Waals surface area contributed by atoms with E-state index in [1.54, 1.807) is 6.20 Å². The van der Waals surface area contributed by atoms with Crippen LogP contribution in [0.2, 0.25) is 0 Å². The molecule has 1 atom stereocenters. The second kappa shape index (κ2) is 7.81. The van der Waals surface area contributed by atoms with Gasteiger partial charge in [0.2, 0.25) is 0 Å². The highest BCUT2D eigenvalue weighted by molar-refractivity contribution is 5.89. The Morgan fingerprint density at radius 3 is 2.83 bits per heavy atom. The summed E-state index contributed by atoms with van der Waals surface area (Å²) in [6.45, 7) is 10.5. The Balaban J connectivity index is 1.95. The number of rotatable bonds is 5. The number of amides is 2. The first-order chi connectivity index (χ1) is 10.9. The summed E-state index contributed by atoms with van der Waals surface area (Å²) in [5, 5.41) is 7.28. The average molecular weight is 322 g/mol. The summed E-state index contributed by atoms with van der Waals surface area (Å²) in [5.74, 6) is 0. The molecule has 130 valence electrons. The first-order valence-corrected chi connectivity index (χ1v) is 8.63. The molecular weight excluding hydrogens is 292 g/mol. The normalized spacial score (nSPS) is 18.7. The lowest BCUT2D eigenvalue weighted by Crippen LogP contribution is -2.42. The Labute approximate surface area is 139 Å². The maximum absolute atomic E-state index is 12.6. The van der Waals surface area contributed by atoms with Crippen LogP contribution < -0.4 is 5.32 Å². The van der Waals surface area contributed by atoms with Crippen molar-refractivity contribution >= 4 is 11.7 Å². The standard InChI is InChI=1S/C17H30N4O2/c1-5-9-20(13-15-8-6-7-10-23-15)16(22)19-14-11-18-21(12-14)17(2,3)4/h11-12,15H,5-10,13H2,1-4H3,(H,19,22). The third-order valence-corrected chi connectivity index (χ3v) is 4.00. The van der Waals surface area contributed by atoms with Crippen LogP contribution in [0.4, 0.5) is 10.5 Å². The van der Waals surface area contributed by atoms with E-state index < -0.39 is 0 Å². The zero-order valence-electron chi connectivity index (χ0n) is 14.8. The smallest absolute Gasteiger partial charge is 0.322 e. The highest BCUT2D eigenvalue weighted by Crippen LogP contribution is 2.17. The molecule has 0 spiro atoms. The van der Waals surface area contributed by atoms with Gasteiger partial charge in [-0.2, -0.15) is 5.10 Å². The Bertz CT molecular complexity index is 501. The fourth-order valence-electron chi connectivity index (χ4n) is 2.70. The monoisotopic (exact) mass is 322 g/mol. The summed E-state index contributed by atoms with van der Waals surface area (Å²) >= 11 is 0. The first kappa shape index (κ1) is 17.8. The van der Waals surface area contributed by atoms with Gasteiger partial charge in [-0.25, -0.2) is 4.79 Å². The van der Waals surface area contributed by atoms with Gasteiger partial charge in [-0.1, -0.05) is 6.92 Å². The third kappa shape index (κ3) is 5.23. The van der Waals surface area contributed by atoms with Gasteiger partial charge < -0.3 is 15.0 Å². The van der Waals surface area contributed by atoms with Gasteiger partial charge in [0.05, 0.1) is 23.5 Å². The maximum Gasteiger partial charge on any atom is 0.322 e. The summed E-state index contributed by atoms with van der Waals surface area (Å²) in [5.41, 5.74) is 0.637. The number of urea groups is 1. The second-order valence-electron chi connectivity index (χ2n) is 7.21. The Kier molecular flexibility index (Phi) is 6.04. The quantitative estimate of drug-likeness (QED) is 0.903. The predicted octanol–water partition coefficient (Wildman–Crippen LogP) is 3.45. The molecule has 0 aromatic carbocycles. The van der Waals surface area contributed by atoms with Crippen LogP contribution in [0, 0.1) is 0 Å².